The fourth-order valence-corrected chi connectivity index (χ4v) is 4.10. The van der Waals surface area contributed by atoms with Crippen LogP contribution < -0.4 is 0 Å². The van der Waals surface area contributed by atoms with Gasteiger partial charge in [0.25, 0.3) is 0 Å². The maximum atomic E-state index is 5.63. The van der Waals surface area contributed by atoms with Crippen molar-refractivity contribution >= 4 is 28.1 Å². The molecule has 0 spiro atoms. The summed E-state index contributed by atoms with van der Waals surface area (Å²) in [7, 11) is 0. The third-order valence-electron chi connectivity index (χ3n) is 4.82. The smallest absolute Gasteiger partial charge is 0.141 e. The van der Waals surface area contributed by atoms with E-state index in [0.717, 1.165) is 39.9 Å². The van der Waals surface area contributed by atoms with Crippen LogP contribution in [-0.2, 0) is 19.4 Å². The van der Waals surface area contributed by atoms with E-state index in [1.165, 1.54) is 49.8 Å². The Morgan fingerprint density at radius 1 is 1.08 bits per heavy atom. The predicted molar refractivity (Wildman–Crippen MR) is 107 cm³/mol. The predicted octanol–water partition coefficient (Wildman–Crippen LogP) is 6.50. The number of nitrogens with zero attached hydrogens (tertiary/aromatic N) is 2. The number of unbranched alkanes of at least 4 members (excludes halogenated alkanes) is 3. The average molecular weight is 405 g/mol. The SMILES string of the molecule is CCCCCCn1c(-c2ccc(Br)cc2)nc(=S)c2c1CCCC2. The third kappa shape index (κ3) is 3.97. The average Bonchev–Trinajstić information content (AvgIpc) is 2.61. The highest BCUT2D eigenvalue weighted by Crippen LogP contribution is 2.28. The number of rotatable bonds is 6. The molecular weight excluding hydrogens is 380 g/mol. The first-order valence-electron chi connectivity index (χ1n) is 9.09. The third-order valence-corrected chi connectivity index (χ3v) is 5.69. The van der Waals surface area contributed by atoms with Crippen molar-refractivity contribution in [3.05, 3.63) is 44.6 Å². The van der Waals surface area contributed by atoms with E-state index < -0.39 is 0 Å². The summed E-state index contributed by atoms with van der Waals surface area (Å²) in [5.41, 5.74) is 3.93. The van der Waals surface area contributed by atoms with Crippen LogP contribution >= 0.6 is 28.1 Å². The monoisotopic (exact) mass is 404 g/mol. The second-order valence-corrected chi connectivity index (χ2v) is 7.89. The van der Waals surface area contributed by atoms with Gasteiger partial charge < -0.3 is 4.57 Å². The summed E-state index contributed by atoms with van der Waals surface area (Å²) in [6.45, 7) is 3.31. The molecule has 1 heterocycles. The molecule has 1 aromatic heterocycles. The summed E-state index contributed by atoms with van der Waals surface area (Å²) in [6, 6.07) is 8.44. The minimum atomic E-state index is 0.812. The first kappa shape index (κ1) is 17.8. The molecule has 2 aromatic rings. The van der Waals surface area contributed by atoms with Crippen molar-refractivity contribution in [1.82, 2.24) is 9.55 Å². The van der Waals surface area contributed by atoms with Crippen LogP contribution in [0.4, 0.5) is 0 Å². The second kappa shape index (κ2) is 8.39. The molecule has 2 nitrogen and oxygen atoms in total. The van der Waals surface area contributed by atoms with E-state index in [4.69, 9.17) is 17.2 Å². The van der Waals surface area contributed by atoms with Crippen LogP contribution in [0.2, 0.25) is 0 Å². The summed E-state index contributed by atoms with van der Waals surface area (Å²) < 4.78 is 4.37. The van der Waals surface area contributed by atoms with Crippen LogP contribution in [0.25, 0.3) is 11.4 Å². The van der Waals surface area contributed by atoms with Gasteiger partial charge in [-0.2, -0.15) is 0 Å². The van der Waals surface area contributed by atoms with E-state index in [1.807, 2.05) is 0 Å². The lowest BCUT2D eigenvalue weighted by atomic mass is 9.96. The Morgan fingerprint density at radius 3 is 2.58 bits per heavy atom. The summed E-state index contributed by atoms with van der Waals surface area (Å²) in [6.07, 6.45) is 9.82. The molecule has 0 bridgehead atoms. The van der Waals surface area contributed by atoms with E-state index in [9.17, 15) is 0 Å². The highest BCUT2D eigenvalue weighted by molar-refractivity contribution is 9.10. The zero-order valence-corrected chi connectivity index (χ0v) is 16.8. The topological polar surface area (TPSA) is 17.8 Å². The quantitative estimate of drug-likeness (QED) is 0.403. The molecule has 1 aliphatic rings. The van der Waals surface area contributed by atoms with E-state index in [-0.39, 0.29) is 0 Å². The number of aromatic nitrogens is 2. The molecule has 0 saturated heterocycles. The fraction of sp³-hybridized carbons (Fsp3) is 0.500. The zero-order valence-electron chi connectivity index (χ0n) is 14.4. The minimum Gasteiger partial charge on any atom is -0.329 e. The van der Waals surface area contributed by atoms with Crippen molar-refractivity contribution in [3.8, 4) is 11.4 Å². The minimum absolute atomic E-state index is 0.812. The Hall–Kier alpha value is -1.00. The molecule has 3 rings (SSSR count). The molecule has 0 amide bonds. The largest absolute Gasteiger partial charge is 0.329 e. The molecule has 128 valence electrons. The zero-order chi connectivity index (χ0) is 16.9. The lowest BCUT2D eigenvalue weighted by Gasteiger charge is -2.24. The van der Waals surface area contributed by atoms with Crippen LogP contribution in [0, 0.1) is 4.64 Å². The molecule has 1 aliphatic carbocycles. The van der Waals surface area contributed by atoms with Gasteiger partial charge in [0, 0.05) is 27.8 Å². The summed E-state index contributed by atoms with van der Waals surface area (Å²) >= 11 is 9.15. The molecule has 0 saturated carbocycles. The Kier molecular flexibility index (Phi) is 6.23. The maximum absolute atomic E-state index is 5.63. The van der Waals surface area contributed by atoms with Crippen LogP contribution in [0.15, 0.2) is 28.7 Å². The van der Waals surface area contributed by atoms with Gasteiger partial charge in [-0.05, 0) is 44.2 Å². The molecule has 0 radical (unpaired) electrons. The van der Waals surface area contributed by atoms with Gasteiger partial charge >= 0.3 is 0 Å². The van der Waals surface area contributed by atoms with Gasteiger partial charge in [0.1, 0.15) is 10.5 Å². The number of hydrogen-bond donors (Lipinski definition) is 0. The van der Waals surface area contributed by atoms with Crippen molar-refractivity contribution in [3.63, 3.8) is 0 Å². The van der Waals surface area contributed by atoms with Gasteiger partial charge in [-0.1, -0.05) is 66.5 Å². The molecule has 0 N–H and O–H groups in total. The molecule has 4 heteroatoms. The molecule has 0 aliphatic heterocycles. The molecule has 24 heavy (non-hydrogen) atoms. The van der Waals surface area contributed by atoms with Gasteiger partial charge in [0.2, 0.25) is 0 Å². The lowest BCUT2D eigenvalue weighted by molar-refractivity contribution is 0.535. The van der Waals surface area contributed by atoms with Gasteiger partial charge in [0.05, 0.1) is 0 Å². The standard InChI is InChI=1S/C20H25BrN2S/c1-2-3-4-7-14-23-18-9-6-5-8-17(18)20(24)22-19(23)15-10-12-16(21)13-11-15/h10-13H,2-9,14H2,1H3. The van der Waals surface area contributed by atoms with E-state index in [2.05, 4.69) is 51.7 Å². The Bertz CT molecular complexity index is 749. The highest BCUT2D eigenvalue weighted by atomic mass is 79.9. The van der Waals surface area contributed by atoms with Crippen molar-refractivity contribution < 1.29 is 0 Å². The van der Waals surface area contributed by atoms with Gasteiger partial charge in [-0.3, -0.25) is 0 Å². The molecule has 0 atom stereocenters. The van der Waals surface area contributed by atoms with Crippen LogP contribution in [0.1, 0.15) is 56.7 Å². The van der Waals surface area contributed by atoms with Crippen LogP contribution in [0.5, 0.6) is 0 Å². The molecule has 0 unspecified atom stereocenters. The van der Waals surface area contributed by atoms with Crippen molar-refractivity contribution in [1.29, 1.82) is 0 Å². The Labute approximate surface area is 158 Å². The first-order chi connectivity index (χ1) is 11.7. The number of hydrogen-bond acceptors (Lipinski definition) is 2. The van der Waals surface area contributed by atoms with Gasteiger partial charge in [0.15, 0.2) is 0 Å². The van der Waals surface area contributed by atoms with Crippen LogP contribution in [0.3, 0.4) is 0 Å². The number of halogens is 1. The van der Waals surface area contributed by atoms with E-state index >= 15 is 0 Å². The Balaban J connectivity index is 2.03. The molecular formula is C20H25BrN2S. The number of benzene rings is 1. The van der Waals surface area contributed by atoms with Crippen molar-refractivity contribution in [2.45, 2.75) is 64.8 Å². The normalized spacial score (nSPS) is 13.8. The van der Waals surface area contributed by atoms with Crippen molar-refractivity contribution in [2.24, 2.45) is 0 Å². The first-order valence-corrected chi connectivity index (χ1v) is 10.3. The van der Waals surface area contributed by atoms with Crippen LogP contribution in [-0.4, -0.2) is 9.55 Å². The second-order valence-electron chi connectivity index (χ2n) is 6.59. The summed E-state index contributed by atoms with van der Waals surface area (Å²) in [4.78, 5) is 4.85. The number of fused-ring (bicyclic) bond motifs is 1. The maximum Gasteiger partial charge on any atom is 0.141 e. The van der Waals surface area contributed by atoms with E-state index in [0.29, 0.717) is 0 Å². The lowest BCUT2D eigenvalue weighted by Crippen LogP contribution is -2.18. The molecule has 1 aromatic carbocycles. The summed E-state index contributed by atoms with van der Waals surface area (Å²) in [5, 5.41) is 0. The molecule has 0 fully saturated rings. The van der Waals surface area contributed by atoms with Gasteiger partial charge in [-0.25, -0.2) is 4.98 Å². The van der Waals surface area contributed by atoms with Crippen molar-refractivity contribution in [2.75, 3.05) is 0 Å². The summed E-state index contributed by atoms with van der Waals surface area (Å²) in [5.74, 6) is 1.05. The fourth-order valence-electron chi connectivity index (χ4n) is 3.53. The van der Waals surface area contributed by atoms with E-state index in [1.54, 1.807) is 0 Å². The highest BCUT2D eigenvalue weighted by Gasteiger charge is 2.19. The van der Waals surface area contributed by atoms with Gasteiger partial charge in [-0.15, -0.1) is 0 Å². The Morgan fingerprint density at radius 2 is 1.83 bits per heavy atom.